The zero-order valence-electron chi connectivity index (χ0n) is 25.9. The van der Waals surface area contributed by atoms with E-state index in [2.05, 4.69) is 15.9 Å². The summed E-state index contributed by atoms with van der Waals surface area (Å²) in [4.78, 5) is 35.1. The third-order valence-corrected chi connectivity index (χ3v) is 9.96. The van der Waals surface area contributed by atoms with E-state index in [1.807, 2.05) is 45.0 Å². The second-order valence-electron chi connectivity index (χ2n) is 10.4. The van der Waals surface area contributed by atoms with Crippen LogP contribution in [0.15, 0.2) is 80.1 Å². The van der Waals surface area contributed by atoms with Crippen LogP contribution in [-0.2, 0) is 11.4 Å². The first-order valence-electron chi connectivity index (χ1n) is 14.5. The number of amides is 1. The van der Waals surface area contributed by atoms with E-state index in [0.717, 1.165) is 5.56 Å². The van der Waals surface area contributed by atoms with Crippen LogP contribution in [0.25, 0.3) is 6.08 Å². The zero-order valence-corrected chi connectivity index (χ0v) is 29.8. The van der Waals surface area contributed by atoms with E-state index >= 15 is 0 Å². The van der Waals surface area contributed by atoms with Crippen molar-refractivity contribution in [3.05, 3.63) is 117 Å². The summed E-state index contributed by atoms with van der Waals surface area (Å²) in [5, 5.41) is 1.04. The van der Waals surface area contributed by atoms with Crippen molar-refractivity contribution < 1.29 is 19.0 Å². The average molecular weight is 746 g/mol. The number of allylic oxidation sites excluding steroid dienone is 1. The molecule has 0 spiro atoms. The lowest BCUT2D eigenvalue weighted by Crippen LogP contribution is -2.43. The standard InChI is InChI=1S/C34H32BrCl2N3O5S/c1-6-39(7-2)33(42)30-19(3)38-34-40(31(30)23-10-8-9-11-26(23)43-4)32(41)29(46-34)15-21-14-27(44-5)28(17-24(21)35)45-18-20-12-13-22(36)16-25(20)37/h8-17,31H,6-7,18H2,1-5H3/b29-15+/t31-/m0/s1. The first-order valence-corrected chi connectivity index (χ1v) is 16.9. The lowest BCUT2D eigenvalue weighted by molar-refractivity contribution is -0.127. The van der Waals surface area contributed by atoms with Crippen molar-refractivity contribution in [3.63, 3.8) is 0 Å². The summed E-state index contributed by atoms with van der Waals surface area (Å²) >= 11 is 17.2. The van der Waals surface area contributed by atoms with Crippen LogP contribution in [0.2, 0.25) is 10.0 Å². The lowest BCUT2D eigenvalue weighted by atomic mass is 9.94. The predicted molar refractivity (Wildman–Crippen MR) is 186 cm³/mol. The molecule has 0 unspecified atom stereocenters. The molecule has 46 heavy (non-hydrogen) atoms. The van der Waals surface area contributed by atoms with Crippen molar-refractivity contribution in [3.8, 4) is 17.2 Å². The molecule has 5 rings (SSSR count). The molecular weight excluding hydrogens is 713 g/mol. The summed E-state index contributed by atoms with van der Waals surface area (Å²) in [5.41, 5.74) is 2.90. The number of rotatable bonds is 10. The van der Waals surface area contributed by atoms with Crippen LogP contribution in [0, 0.1) is 0 Å². The number of carbonyl (C=O) groups excluding carboxylic acids is 1. The number of nitrogens with zero attached hydrogens (tertiary/aromatic N) is 3. The van der Waals surface area contributed by atoms with Crippen LogP contribution < -0.4 is 29.1 Å². The third kappa shape index (κ3) is 6.62. The molecule has 12 heteroatoms. The van der Waals surface area contributed by atoms with E-state index in [4.69, 9.17) is 42.4 Å². The molecular formula is C34H32BrCl2N3O5S. The van der Waals surface area contributed by atoms with Gasteiger partial charge in [-0.2, -0.15) is 0 Å². The van der Waals surface area contributed by atoms with Crippen molar-refractivity contribution in [2.75, 3.05) is 27.3 Å². The zero-order chi connectivity index (χ0) is 33.1. The number of aromatic nitrogens is 1. The minimum atomic E-state index is -0.726. The molecule has 3 aromatic carbocycles. The van der Waals surface area contributed by atoms with Crippen molar-refractivity contribution in [2.45, 2.75) is 33.4 Å². The summed E-state index contributed by atoms with van der Waals surface area (Å²) in [6.07, 6.45) is 1.78. The fourth-order valence-corrected chi connectivity index (χ4v) is 7.27. The second-order valence-corrected chi connectivity index (χ2v) is 13.1. The van der Waals surface area contributed by atoms with Crippen LogP contribution in [0.4, 0.5) is 0 Å². The molecule has 0 bridgehead atoms. The Morgan fingerprint density at radius 3 is 2.43 bits per heavy atom. The summed E-state index contributed by atoms with van der Waals surface area (Å²) in [6, 6.07) is 15.5. The average Bonchev–Trinajstić information content (AvgIpc) is 3.35. The quantitative estimate of drug-likeness (QED) is 0.179. The summed E-state index contributed by atoms with van der Waals surface area (Å²) in [6.45, 7) is 6.93. The molecule has 1 amide bonds. The van der Waals surface area contributed by atoms with Gasteiger partial charge in [0.1, 0.15) is 18.4 Å². The van der Waals surface area contributed by atoms with Gasteiger partial charge in [0.25, 0.3) is 11.5 Å². The van der Waals surface area contributed by atoms with E-state index in [1.165, 1.54) is 11.3 Å². The van der Waals surface area contributed by atoms with Crippen molar-refractivity contribution in [1.82, 2.24) is 9.47 Å². The van der Waals surface area contributed by atoms with Gasteiger partial charge in [-0.05, 0) is 62.7 Å². The summed E-state index contributed by atoms with van der Waals surface area (Å²) in [7, 11) is 3.13. The number of hydrogen-bond acceptors (Lipinski definition) is 7. The van der Waals surface area contributed by atoms with Gasteiger partial charge in [-0.3, -0.25) is 14.2 Å². The van der Waals surface area contributed by atoms with Gasteiger partial charge >= 0.3 is 0 Å². The van der Waals surface area contributed by atoms with Gasteiger partial charge in [0, 0.05) is 38.7 Å². The lowest BCUT2D eigenvalue weighted by Gasteiger charge is -2.29. The largest absolute Gasteiger partial charge is 0.496 e. The van der Waals surface area contributed by atoms with Gasteiger partial charge in [0.2, 0.25) is 0 Å². The number of halogens is 3. The maximum absolute atomic E-state index is 14.2. The van der Waals surface area contributed by atoms with E-state index < -0.39 is 6.04 Å². The number of para-hydroxylation sites is 1. The van der Waals surface area contributed by atoms with Gasteiger partial charge in [-0.25, -0.2) is 4.99 Å². The van der Waals surface area contributed by atoms with E-state index in [1.54, 1.807) is 60.1 Å². The molecule has 1 aliphatic rings. The maximum Gasteiger partial charge on any atom is 0.271 e. The van der Waals surface area contributed by atoms with Gasteiger partial charge in [-0.15, -0.1) is 0 Å². The Bertz CT molecular complexity index is 2020. The monoisotopic (exact) mass is 743 g/mol. The smallest absolute Gasteiger partial charge is 0.271 e. The second kappa shape index (κ2) is 14.5. The number of likely N-dealkylation sites (N-methyl/N-ethyl adjacent to an activating group) is 1. The van der Waals surface area contributed by atoms with Crippen molar-refractivity contribution >= 4 is 62.5 Å². The highest BCUT2D eigenvalue weighted by molar-refractivity contribution is 9.10. The van der Waals surface area contributed by atoms with Crippen LogP contribution in [-0.4, -0.2) is 42.7 Å². The number of carbonyl (C=O) groups is 1. The van der Waals surface area contributed by atoms with E-state index in [0.29, 0.717) is 76.6 Å². The maximum atomic E-state index is 14.2. The summed E-state index contributed by atoms with van der Waals surface area (Å²) in [5.74, 6) is 1.37. The van der Waals surface area contributed by atoms with Crippen LogP contribution in [0.5, 0.6) is 17.2 Å². The fraction of sp³-hybridized carbons (Fsp3) is 0.265. The van der Waals surface area contributed by atoms with Crippen molar-refractivity contribution in [2.24, 2.45) is 4.99 Å². The van der Waals surface area contributed by atoms with Gasteiger partial charge in [0.05, 0.1) is 30.0 Å². The van der Waals surface area contributed by atoms with Gasteiger partial charge < -0.3 is 19.1 Å². The highest BCUT2D eigenvalue weighted by Crippen LogP contribution is 2.37. The molecule has 8 nitrogen and oxygen atoms in total. The van der Waals surface area contributed by atoms with Crippen molar-refractivity contribution in [1.29, 1.82) is 0 Å². The molecule has 0 N–H and O–H groups in total. The van der Waals surface area contributed by atoms with Gasteiger partial charge in [0.15, 0.2) is 16.3 Å². The number of hydrogen-bond donors (Lipinski definition) is 0. The molecule has 4 aromatic rings. The predicted octanol–water partition coefficient (Wildman–Crippen LogP) is 6.77. The Hall–Kier alpha value is -3.57. The van der Waals surface area contributed by atoms with Crippen LogP contribution in [0.1, 0.15) is 43.5 Å². The molecule has 0 aliphatic carbocycles. The normalized spacial score (nSPS) is 14.5. The first-order chi connectivity index (χ1) is 22.1. The molecule has 2 heterocycles. The Balaban J connectivity index is 1.61. The first kappa shape index (κ1) is 33.8. The van der Waals surface area contributed by atoms with E-state index in [-0.39, 0.29) is 18.1 Å². The number of ether oxygens (including phenoxy) is 3. The molecule has 1 atom stereocenters. The third-order valence-electron chi connectivity index (χ3n) is 7.70. The van der Waals surface area contributed by atoms with Crippen LogP contribution in [0.3, 0.4) is 0 Å². The molecule has 0 saturated carbocycles. The number of fused-ring (bicyclic) bond motifs is 1. The highest BCUT2D eigenvalue weighted by Gasteiger charge is 2.35. The number of methoxy groups -OCH3 is 2. The Morgan fingerprint density at radius 1 is 1.04 bits per heavy atom. The number of benzene rings is 3. The Morgan fingerprint density at radius 2 is 1.76 bits per heavy atom. The van der Waals surface area contributed by atoms with E-state index in [9.17, 15) is 9.59 Å². The Kier molecular flexibility index (Phi) is 10.6. The summed E-state index contributed by atoms with van der Waals surface area (Å²) < 4.78 is 20.1. The molecule has 0 radical (unpaired) electrons. The highest BCUT2D eigenvalue weighted by atomic mass is 79.9. The molecule has 0 fully saturated rings. The van der Waals surface area contributed by atoms with Crippen LogP contribution >= 0.6 is 50.5 Å². The topological polar surface area (TPSA) is 82.4 Å². The SMILES string of the molecule is CCN(CC)C(=O)C1=C(C)N=c2s/c(=C/c3cc(OC)c(OCc4ccc(Cl)cc4Cl)cc3Br)c(=O)n2[C@H]1c1ccccc1OC. The minimum absolute atomic E-state index is 0.167. The Labute approximate surface area is 289 Å². The molecule has 1 aliphatic heterocycles. The molecule has 1 aromatic heterocycles. The molecule has 0 saturated heterocycles. The fourth-order valence-electron chi connectivity index (χ4n) is 5.33. The molecule has 240 valence electrons. The number of thiazole rings is 1. The van der Waals surface area contributed by atoms with Gasteiger partial charge in [-0.1, -0.05) is 74.7 Å². The minimum Gasteiger partial charge on any atom is -0.496 e.